The molecule has 0 fully saturated rings. The second kappa shape index (κ2) is 10.9. The minimum atomic E-state index is -0.558. The third-order valence-electron chi connectivity index (χ3n) is 3.68. The molecule has 0 aromatic heterocycles. The van der Waals surface area contributed by atoms with Crippen molar-refractivity contribution < 1.29 is 28.7 Å². The predicted molar refractivity (Wildman–Crippen MR) is 110 cm³/mol. The van der Waals surface area contributed by atoms with Crippen molar-refractivity contribution in [3.05, 3.63) is 59.7 Å². The fraction of sp³-hybridized carbons (Fsp3) is 0.200. The van der Waals surface area contributed by atoms with Crippen LogP contribution >= 0.6 is 11.8 Å². The van der Waals surface area contributed by atoms with Crippen molar-refractivity contribution in [1.82, 2.24) is 0 Å². The van der Waals surface area contributed by atoms with E-state index in [0.717, 1.165) is 11.8 Å². The number of carbonyl (C=O) groups excluding carboxylic acids is 4. The molecule has 0 saturated carbocycles. The molecule has 152 valence electrons. The predicted octanol–water partition coefficient (Wildman–Crippen LogP) is 2.57. The number of hydrogen-bond donors (Lipinski definition) is 2. The molecule has 0 aliphatic rings. The molecule has 2 amide bonds. The summed E-state index contributed by atoms with van der Waals surface area (Å²) < 4.78 is 9.36. The van der Waals surface area contributed by atoms with Crippen molar-refractivity contribution in [2.75, 3.05) is 36.4 Å². The summed E-state index contributed by atoms with van der Waals surface area (Å²) in [5.74, 6) is -1.85. The van der Waals surface area contributed by atoms with E-state index in [0.29, 0.717) is 11.4 Å². The van der Waals surface area contributed by atoms with Crippen molar-refractivity contribution in [1.29, 1.82) is 0 Å². The Labute approximate surface area is 172 Å². The Hall–Kier alpha value is -3.33. The van der Waals surface area contributed by atoms with Crippen LogP contribution in [0.25, 0.3) is 0 Å². The highest BCUT2D eigenvalue weighted by Gasteiger charge is 2.15. The van der Waals surface area contributed by atoms with Gasteiger partial charge in [0.15, 0.2) is 0 Å². The van der Waals surface area contributed by atoms with E-state index in [1.807, 2.05) is 0 Å². The minimum Gasteiger partial charge on any atom is -0.465 e. The number of carbonyl (C=O) groups is 4. The number of amides is 2. The van der Waals surface area contributed by atoms with Crippen LogP contribution in [-0.4, -0.2) is 49.5 Å². The molecule has 2 N–H and O–H groups in total. The SMILES string of the molecule is COC(=O)c1ccccc1NC(=O)CSCC(=O)Nc1ccccc1C(=O)OC. The minimum absolute atomic E-state index is 0.00156. The maximum Gasteiger partial charge on any atom is 0.339 e. The molecule has 0 atom stereocenters. The molecule has 0 heterocycles. The molecule has 0 spiro atoms. The van der Waals surface area contributed by atoms with E-state index in [4.69, 9.17) is 0 Å². The quantitative estimate of drug-likeness (QED) is 0.636. The second-order valence-electron chi connectivity index (χ2n) is 5.66. The van der Waals surface area contributed by atoms with Crippen LogP contribution in [0.2, 0.25) is 0 Å². The molecule has 0 bridgehead atoms. The molecule has 9 heteroatoms. The smallest absolute Gasteiger partial charge is 0.339 e. The topological polar surface area (TPSA) is 111 Å². The molecule has 0 radical (unpaired) electrons. The number of benzene rings is 2. The maximum absolute atomic E-state index is 12.1. The lowest BCUT2D eigenvalue weighted by Crippen LogP contribution is -2.20. The van der Waals surface area contributed by atoms with Crippen molar-refractivity contribution in [2.24, 2.45) is 0 Å². The van der Waals surface area contributed by atoms with Crippen molar-refractivity contribution >= 4 is 46.9 Å². The first-order valence-electron chi connectivity index (χ1n) is 8.48. The van der Waals surface area contributed by atoms with Gasteiger partial charge in [-0.2, -0.15) is 0 Å². The second-order valence-corrected chi connectivity index (χ2v) is 6.65. The van der Waals surface area contributed by atoms with E-state index in [2.05, 4.69) is 20.1 Å². The molecule has 2 rings (SSSR count). The lowest BCUT2D eigenvalue weighted by atomic mass is 10.2. The van der Waals surface area contributed by atoms with Crippen molar-refractivity contribution in [2.45, 2.75) is 0 Å². The van der Waals surface area contributed by atoms with Crippen molar-refractivity contribution in [3.8, 4) is 0 Å². The molecule has 8 nitrogen and oxygen atoms in total. The number of hydrogen-bond acceptors (Lipinski definition) is 7. The molecular formula is C20H20N2O6S. The summed E-state index contributed by atoms with van der Waals surface area (Å²) >= 11 is 1.09. The Morgan fingerprint density at radius 2 is 1.10 bits per heavy atom. The molecule has 2 aromatic carbocycles. The average Bonchev–Trinajstić information content (AvgIpc) is 2.73. The van der Waals surface area contributed by atoms with Gasteiger partial charge in [-0.25, -0.2) is 9.59 Å². The Morgan fingerprint density at radius 1 is 0.724 bits per heavy atom. The van der Waals surface area contributed by atoms with E-state index < -0.39 is 11.9 Å². The number of thioether (sulfide) groups is 1. The maximum atomic E-state index is 12.1. The Kier molecular flexibility index (Phi) is 8.23. The lowest BCUT2D eigenvalue weighted by molar-refractivity contribution is -0.114. The van der Waals surface area contributed by atoms with Crippen LogP contribution in [-0.2, 0) is 19.1 Å². The van der Waals surface area contributed by atoms with E-state index in [1.54, 1.807) is 48.5 Å². The van der Waals surface area contributed by atoms with E-state index in [-0.39, 0.29) is 34.4 Å². The Bertz CT molecular complexity index is 842. The van der Waals surface area contributed by atoms with E-state index in [1.165, 1.54) is 14.2 Å². The summed E-state index contributed by atoms with van der Waals surface area (Å²) in [6, 6.07) is 12.9. The van der Waals surface area contributed by atoms with Gasteiger partial charge in [-0.15, -0.1) is 11.8 Å². The highest BCUT2D eigenvalue weighted by Crippen LogP contribution is 2.18. The fourth-order valence-electron chi connectivity index (χ4n) is 2.37. The zero-order valence-corrected chi connectivity index (χ0v) is 16.7. The highest BCUT2D eigenvalue weighted by molar-refractivity contribution is 8.00. The number of rotatable bonds is 8. The number of anilines is 2. The number of ether oxygens (including phenoxy) is 2. The molecular weight excluding hydrogens is 396 g/mol. The van der Waals surface area contributed by atoms with Gasteiger partial charge in [0, 0.05) is 0 Å². The summed E-state index contributed by atoms with van der Waals surface area (Å²) in [6.07, 6.45) is 0. The first-order valence-corrected chi connectivity index (χ1v) is 9.64. The number of para-hydroxylation sites is 2. The number of esters is 2. The summed E-state index contributed by atoms with van der Waals surface area (Å²) in [6.45, 7) is 0. The van der Waals surface area contributed by atoms with Gasteiger partial charge < -0.3 is 20.1 Å². The summed E-state index contributed by atoms with van der Waals surface area (Å²) in [5.41, 5.74) is 1.15. The van der Waals surface area contributed by atoms with Crippen LogP contribution in [0.4, 0.5) is 11.4 Å². The van der Waals surface area contributed by atoms with E-state index in [9.17, 15) is 19.2 Å². The first-order chi connectivity index (χ1) is 14.0. The van der Waals surface area contributed by atoms with Crippen LogP contribution < -0.4 is 10.6 Å². The zero-order chi connectivity index (χ0) is 21.2. The van der Waals surface area contributed by atoms with Gasteiger partial charge in [0.1, 0.15) is 0 Å². The van der Waals surface area contributed by atoms with Crippen LogP contribution in [0.5, 0.6) is 0 Å². The largest absolute Gasteiger partial charge is 0.465 e. The first kappa shape index (κ1) is 22.0. The molecule has 2 aromatic rings. The molecule has 29 heavy (non-hydrogen) atoms. The monoisotopic (exact) mass is 416 g/mol. The summed E-state index contributed by atoms with van der Waals surface area (Å²) in [4.78, 5) is 47.7. The standard InChI is InChI=1S/C20H20N2O6S/c1-27-19(25)13-7-3-5-9-15(13)21-17(23)11-29-12-18(24)22-16-10-6-4-8-14(16)20(26)28-2/h3-10H,11-12H2,1-2H3,(H,21,23)(H,22,24). The van der Waals surface area contributed by atoms with Gasteiger partial charge in [0.2, 0.25) is 11.8 Å². The zero-order valence-electron chi connectivity index (χ0n) is 15.9. The van der Waals surface area contributed by atoms with Gasteiger partial charge in [-0.05, 0) is 24.3 Å². The summed E-state index contributed by atoms with van der Waals surface area (Å²) in [7, 11) is 2.52. The Morgan fingerprint density at radius 3 is 1.48 bits per heavy atom. The van der Waals surface area contributed by atoms with Gasteiger partial charge in [0.25, 0.3) is 0 Å². The molecule has 0 unspecified atom stereocenters. The van der Waals surface area contributed by atoms with E-state index >= 15 is 0 Å². The average molecular weight is 416 g/mol. The highest BCUT2D eigenvalue weighted by atomic mass is 32.2. The van der Waals surface area contributed by atoms with Gasteiger partial charge in [-0.1, -0.05) is 24.3 Å². The third-order valence-corrected chi connectivity index (χ3v) is 4.61. The van der Waals surface area contributed by atoms with Gasteiger partial charge in [-0.3, -0.25) is 9.59 Å². The molecule has 0 aliphatic carbocycles. The van der Waals surface area contributed by atoms with Gasteiger partial charge >= 0.3 is 11.9 Å². The van der Waals surface area contributed by atoms with Gasteiger partial charge in [0.05, 0.1) is 48.2 Å². The molecule has 0 saturated heterocycles. The number of methoxy groups -OCH3 is 2. The fourth-order valence-corrected chi connectivity index (χ4v) is 2.99. The normalized spacial score (nSPS) is 10.0. The lowest BCUT2D eigenvalue weighted by Gasteiger charge is -2.10. The van der Waals surface area contributed by atoms with Crippen LogP contribution in [0.3, 0.4) is 0 Å². The van der Waals surface area contributed by atoms with Crippen LogP contribution in [0.15, 0.2) is 48.5 Å². The van der Waals surface area contributed by atoms with Crippen LogP contribution in [0, 0.1) is 0 Å². The van der Waals surface area contributed by atoms with Crippen LogP contribution in [0.1, 0.15) is 20.7 Å². The summed E-state index contributed by atoms with van der Waals surface area (Å²) in [5, 5.41) is 5.25. The van der Waals surface area contributed by atoms with Crippen molar-refractivity contribution in [3.63, 3.8) is 0 Å². The molecule has 0 aliphatic heterocycles. The number of nitrogens with one attached hydrogen (secondary N) is 2. The Balaban J connectivity index is 1.86. The third kappa shape index (κ3) is 6.35.